The molecule has 1 aliphatic rings. The van der Waals surface area contributed by atoms with Crippen LogP contribution in [-0.4, -0.2) is 70.3 Å². The standard InChI is InChI=1S/C12H21N5O2/c1-16-4-2-9(3-5-16)17(6-7-18)12(19)10-8-11(13)15-14-10/h8-9,18H,2-7H2,1H3,(H3,13,14,15). The van der Waals surface area contributed by atoms with Crippen LogP contribution in [0, 0.1) is 0 Å². The zero-order valence-electron chi connectivity index (χ0n) is 11.2. The van der Waals surface area contributed by atoms with E-state index < -0.39 is 0 Å². The number of piperidine rings is 1. The summed E-state index contributed by atoms with van der Waals surface area (Å²) >= 11 is 0. The van der Waals surface area contributed by atoms with Crippen molar-refractivity contribution in [2.45, 2.75) is 18.9 Å². The lowest BCUT2D eigenvalue weighted by molar-refractivity contribution is 0.0534. The number of H-pyrrole nitrogens is 1. The van der Waals surface area contributed by atoms with Crippen molar-refractivity contribution in [3.63, 3.8) is 0 Å². The summed E-state index contributed by atoms with van der Waals surface area (Å²) in [7, 11) is 2.07. The third-order valence-electron chi connectivity index (χ3n) is 3.56. The Balaban J connectivity index is 2.08. The number of nitrogen functional groups attached to an aromatic ring is 1. The first kappa shape index (κ1) is 13.8. The summed E-state index contributed by atoms with van der Waals surface area (Å²) < 4.78 is 0. The smallest absolute Gasteiger partial charge is 0.272 e. The SMILES string of the molecule is CN1CCC(N(CCO)C(=O)c2cc(N)n[nH]2)CC1. The first-order valence-corrected chi connectivity index (χ1v) is 6.53. The van der Waals surface area contributed by atoms with Crippen molar-refractivity contribution in [1.82, 2.24) is 20.0 Å². The van der Waals surface area contributed by atoms with E-state index in [1.54, 1.807) is 4.90 Å². The minimum absolute atomic E-state index is 0.0400. The van der Waals surface area contributed by atoms with Gasteiger partial charge in [-0.05, 0) is 33.0 Å². The molecular formula is C12H21N5O2. The summed E-state index contributed by atoms with van der Waals surface area (Å²) in [4.78, 5) is 16.4. The number of nitrogens with zero attached hydrogens (tertiary/aromatic N) is 3. The van der Waals surface area contributed by atoms with Gasteiger partial charge in [-0.3, -0.25) is 9.89 Å². The number of amides is 1. The Morgan fingerprint density at radius 3 is 2.84 bits per heavy atom. The second-order valence-electron chi connectivity index (χ2n) is 4.96. The third-order valence-corrected chi connectivity index (χ3v) is 3.56. The zero-order chi connectivity index (χ0) is 13.8. The predicted octanol–water partition coefficient (Wildman–Crippen LogP) is -0.479. The molecule has 1 aromatic rings. The molecule has 4 N–H and O–H groups in total. The highest BCUT2D eigenvalue weighted by atomic mass is 16.3. The Hall–Kier alpha value is -1.60. The number of nitrogens with two attached hydrogens (primary N) is 1. The number of anilines is 1. The van der Waals surface area contributed by atoms with Crippen molar-refractivity contribution in [3.05, 3.63) is 11.8 Å². The topological polar surface area (TPSA) is 98.5 Å². The van der Waals surface area contributed by atoms with Gasteiger partial charge in [-0.15, -0.1) is 0 Å². The molecule has 19 heavy (non-hydrogen) atoms. The number of aliphatic hydroxyl groups is 1. The Labute approximate surface area is 112 Å². The Bertz CT molecular complexity index is 426. The fraction of sp³-hybridized carbons (Fsp3) is 0.667. The Morgan fingerprint density at radius 1 is 1.63 bits per heavy atom. The van der Waals surface area contributed by atoms with Gasteiger partial charge < -0.3 is 20.6 Å². The van der Waals surface area contributed by atoms with E-state index in [2.05, 4.69) is 22.1 Å². The molecule has 1 fully saturated rings. The van der Waals surface area contributed by atoms with E-state index in [0.29, 0.717) is 18.1 Å². The molecular weight excluding hydrogens is 246 g/mol. The minimum Gasteiger partial charge on any atom is -0.395 e. The normalized spacial score (nSPS) is 17.6. The summed E-state index contributed by atoms with van der Waals surface area (Å²) in [6, 6.07) is 1.70. The molecule has 1 aliphatic heterocycles. The zero-order valence-corrected chi connectivity index (χ0v) is 11.2. The molecule has 0 saturated carbocycles. The van der Waals surface area contributed by atoms with E-state index in [1.165, 1.54) is 6.07 Å². The van der Waals surface area contributed by atoms with Gasteiger partial charge in [0.05, 0.1) is 6.61 Å². The van der Waals surface area contributed by atoms with Gasteiger partial charge in [0.15, 0.2) is 0 Å². The average Bonchev–Trinajstić information content (AvgIpc) is 2.83. The fourth-order valence-electron chi connectivity index (χ4n) is 2.47. The first-order valence-electron chi connectivity index (χ1n) is 6.53. The van der Waals surface area contributed by atoms with Crippen molar-refractivity contribution < 1.29 is 9.90 Å². The molecule has 7 heteroatoms. The molecule has 0 radical (unpaired) electrons. The number of hydrogen-bond acceptors (Lipinski definition) is 5. The number of carbonyl (C=O) groups is 1. The van der Waals surface area contributed by atoms with Crippen LogP contribution in [0.15, 0.2) is 6.07 Å². The fourth-order valence-corrected chi connectivity index (χ4v) is 2.47. The van der Waals surface area contributed by atoms with Gasteiger partial charge in [-0.1, -0.05) is 0 Å². The van der Waals surface area contributed by atoms with Gasteiger partial charge in [0.1, 0.15) is 11.5 Å². The van der Waals surface area contributed by atoms with Gasteiger partial charge in [0, 0.05) is 18.7 Å². The quantitative estimate of drug-likeness (QED) is 0.684. The first-order chi connectivity index (χ1) is 9.11. The molecule has 0 aromatic carbocycles. The molecule has 2 heterocycles. The monoisotopic (exact) mass is 267 g/mol. The maximum atomic E-state index is 12.4. The lowest BCUT2D eigenvalue weighted by Crippen LogP contribution is -2.47. The number of rotatable bonds is 4. The summed E-state index contributed by atoms with van der Waals surface area (Å²) in [5.74, 6) is 0.156. The number of aromatic amines is 1. The van der Waals surface area contributed by atoms with Crippen LogP contribution >= 0.6 is 0 Å². The largest absolute Gasteiger partial charge is 0.395 e. The van der Waals surface area contributed by atoms with E-state index in [9.17, 15) is 4.79 Å². The van der Waals surface area contributed by atoms with Gasteiger partial charge in [-0.25, -0.2) is 0 Å². The van der Waals surface area contributed by atoms with Gasteiger partial charge >= 0.3 is 0 Å². The van der Waals surface area contributed by atoms with Crippen molar-refractivity contribution >= 4 is 11.7 Å². The maximum Gasteiger partial charge on any atom is 0.272 e. The third kappa shape index (κ3) is 3.24. The molecule has 7 nitrogen and oxygen atoms in total. The van der Waals surface area contributed by atoms with Crippen LogP contribution in [-0.2, 0) is 0 Å². The lowest BCUT2D eigenvalue weighted by atomic mass is 10.0. The van der Waals surface area contributed by atoms with E-state index in [4.69, 9.17) is 10.8 Å². The van der Waals surface area contributed by atoms with Crippen LogP contribution < -0.4 is 5.73 Å². The Morgan fingerprint density at radius 2 is 2.32 bits per heavy atom. The molecule has 1 amide bonds. The number of aliphatic hydroxyl groups excluding tert-OH is 1. The second kappa shape index (κ2) is 6.03. The van der Waals surface area contributed by atoms with E-state index in [-0.39, 0.29) is 18.6 Å². The molecule has 106 valence electrons. The van der Waals surface area contributed by atoms with E-state index >= 15 is 0 Å². The van der Waals surface area contributed by atoms with Crippen LogP contribution in [0.1, 0.15) is 23.3 Å². The highest BCUT2D eigenvalue weighted by Gasteiger charge is 2.28. The summed E-state index contributed by atoms with van der Waals surface area (Å²) in [5, 5.41) is 15.6. The lowest BCUT2D eigenvalue weighted by Gasteiger charge is -2.36. The number of nitrogens with one attached hydrogen (secondary N) is 1. The Kier molecular flexibility index (Phi) is 4.39. The van der Waals surface area contributed by atoms with E-state index in [1.807, 2.05) is 0 Å². The molecule has 0 unspecified atom stereocenters. The van der Waals surface area contributed by atoms with E-state index in [0.717, 1.165) is 25.9 Å². The number of likely N-dealkylation sites (tertiary alicyclic amines) is 1. The second-order valence-corrected chi connectivity index (χ2v) is 4.96. The molecule has 0 aliphatic carbocycles. The average molecular weight is 267 g/mol. The molecule has 0 bridgehead atoms. The van der Waals surface area contributed by atoms with Gasteiger partial charge in [-0.2, -0.15) is 5.10 Å². The number of aromatic nitrogens is 2. The highest BCUT2D eigenvalue weighted by Crippen LogP contribution is 2.18. The summed E-state index contributed by atoms with van der Waals surface area (Å²) in [5.41, 5.74) is 5.90. The minimum atomic E-state index is -0.146. The molecule has 1 saturated heterocycles. The number of hydrogen-bond donors (Lipinski definition) is 3. The van der Waals surface area contributed by atoms with Crippen molar-refractivity contribution in [2.24, 2.45) is 0 Å². The summed E-state index contributed by atoms with van der Waals surface area (Å²) in [6.45, 7) is 2.23. The molecule has 1 aromatic heterocycles. The van der Waals surface area contributed by atoms with Crippen LogP contribution in [0.3, 0.4) is 0 Å². The maximum absolute atomic E-state index is 12.4. The van der Waals surface area contributed by atoms with Crippen molar-refractivity contribution in [2.75, 3.05) is 39.0 Å². The summed E-state index contributed by atoms with van der Waals surface area (Å²) in [6.07, 6.45) is 1.84. The molecule has 2 rings (SSSR count). The van der Waals surface area contributed by atoms with Crippen molar-refractivity contribution in [3.8, 4) is 0 Å². The molecule has 0 spiro atoms. The molecule has 0 atom stereocenters. The van der Waals surface area contributed by atoms with Gasteiger partial charge in [0.25, 0.3) is 5.91 Å². The predicted molar refractivity (Wildman–Crippen MR) is 71.6 cm³/mol. The number of carbonyl (C=O) groups excluding carboxylic acids is 1. The van der Waals surface area contributed by atoms with Gasteiger partial charge in [0.2, 0.25) is 0 Å². The van der Waals surface area contributed by atoms with Crippen LogP contribution in [0.5, 0.6) is 0 Å². The van der Waals surface area contributed by atoms with Crippen LogP contribution in [0.2, 0.25) is 0 Å². The van der Waals surface area contributed by atoms with Crippen LogP contribution in [0.4, 0.5) is 5.82 Å². The highest BCUT2D eigenvalue weighted by molar-refractivity contribution is 5.93. The van der Waals surface area contributed by atoms with Crippen LogP contribution in [0.25, 0.3) is 0 Å². The van der Waals surface area contributed by atoms with Crippen molar-refractivity contribution in [1.29, 1.82) is 0 Å².